The van der Waals surface area contributed by atoms with E-state index in [4.69, 9.17) is 20.9 Å². The second-order valence-electron chi connectivity index (χ2n) is 6.45. The van der Waals surface area contributed by atoms with Crippen LogP contribution in [0.2, 0.25) is 5.02 Å². The molecule has 0 amide bonds. The van der Waals surface area contributed by atoms with Crippen molar-refractivity contribution in [1.29, 1.82) is 0 Å². The first-order valence-corrected chi connectivity index (χ1v) is 8.50. The minimum Gasteiger partial charge on any atom is -0.618 e. The largest absolute Gasteiger partial charge is 0.618 e. The number of aromatic nitrogens is 5. The van der Waals surface area contributed by atoms with Gasteiger partial charge < -0.3 is 14.5 Å². The van der Waals surface area contributed by atoms with Crippen LogP contribution in [0.5, 0.6) is 0 Å². The first-order valence-electron chi connectivity index (χ1n) is 8.12. The summed E-state index contributed by atoms with van der Waals surface area (Å²) in [7, 11) is 1.63. The second kappa shape index (κ2) is 5.15. The molecule has 5 rings (SSSR count). The van der Waals surface area contributed by atoms with E-state index in [1.165, 1.54) is 0 Å². The van der Waals surface area contributed by atoms with E-state index in [0.717, 1.165) is 17.6 Å². The van der Waals surface area contributed by atoms with E-state index in [1.807, 2.05) is 4.40 Å². The molecule has 26 heavy (non-hydrogen) atoms. The highest BCUT2D eigenvalue weighted by atomic mass is 35.5. The Kier molecular flexibility index (Phi) is 3.08. The molecule has 0 spiro atoms. The summed E-state index contributed by atoms with van der Waals surface area (Å²) in [5.74, 6) is 0.776. The summed E-state index contributed by atoms with van der Waals surface area (Å²) in [6.07, 6.45) is 3.34. The zero-order valence-electron chi connectivity index (χ0n) is 14.1. The van der Waals surface area contributed by atoms with Crippen molar-refractivity contribution in [2.45, 2.75) is 25.4 Å². The van der Waals surface area contributed by atoms with E-state index >= 15 is 0 Å². The van der Waals surface area contributed by atoms with E-state index in [0.29, 0.717) is 44.7 Å². The van der Waals surface area contributed by atoms with Crippen LogP contribution in [0, 0.1) is 12.1 Å². The first kappa shape index (κ1) is 15.5. The third-order valence-electron chi connectivity index (χ3n) is 4.95. The molecule has 0 saturated heterocycles. The number of halogens is 1. The molecule has 1 aliphatic rings. The minimum absolute atomic E-state index is 0.335. The molecular formula is C17H14ClN5O3. The Morgan fingerprint density at radius 2 is 2.19 bits per heavy atom. The Morgan fingerprint density at radius 3 is 2.92 bits per heavy atom. The summed E-state index contributed by atoms with van der Waals surface area (Å²) >= 11 is 6.04. The summed E-state index contributed by atoms with van der Waals surface area (Å²) in [4.78, 5) is 8.90. The summed E-state index contributed by atoms with van der Waals surface area (Å²) in [6, 6.07) is 5.16. The van der Waals surface area contributed by atoms with Crippen LogP contribution < -0.4 is 4.73 Å². The number of fused-ring (bicyclic) bond motifs is 3. The zero-order chi connectivity index (χ0) is 18.1. The highest BCUT2D eigenvalue weighted by Gasteiger charge is 2.50. The van der Waals surface area contributed by atoms with Crippen molar-refractivity contribution in [1.82, 2.24) is 19.5 Å². The molecule has 8 nitrogen and oxygen atoms in total. The molecule has 132 valence electrons. The maximum Gasteiger partial charge on any atom is 0.259 e. The monoisotopic (exact) mass is 371 g/mol. The Bertz CT molecular complexity index is 1180. The Labute approximate surface area is 152 Å². The van der Waals surface area contributed by atoms with Gasteiger partial charge in [0.1, 0.15) is 28.7 Å². The number of rotatable bonds is 3. The predicted molar refractivity (Wildman–Crippen MR) is 92.6 cm³/mol. The lowest BCUT2D eigenvalue weighted by atomic mass is 10.2. The van der Waals surface area contributed by atoms with E-state index in [-0.39, 0.29) is 0 Å². The lowest BCUT2D eigenvalue weighted by Crippen LogP contribution is -2.32. The van der Waals surface area contributed by atoms with Crippen molar-refractivity contribution in [3.05, 3.63) is 46.3 Å². The molecular weight excluding hydrogens is 358 g/mol. The number of aryl methyl sites for hydroxylation is 1. The van der Waals surface area contributed by atoms with Gasteiger partial charge in [-0.1, -0.05) is 16.8 Å². The number of ether oxygens (including phenoxy) is 1. The zero-order valence-corrected chi connectivity index (χ0v) is 14.8. The second-order valence-corrected chi connectivity index (χ2v) is 6.88. The average molecular weight is 372 g/mol. The third-order valence-corrected chi connectivity index (χ3v) is 5.19. The van der Waals surface area contributed by atoms with Gasteiger partial charge in [-0.3, -0.25) is 4.40 Å². The molecule has 3 aromatic heterocycles. The SMILES string of the molecule is COC1(c2nc(-c3ncn4c3c(C)[n+]([O-])c3cc(Cl)ccc34)no2)CC1. The van der Waals surface area contributed by atoms with Gasteiger partial charge in [0.25, 0.3) is 5.89 Å². The third kappa shape index (κ3) is 1.99. The summed E-state index contributed by atoms with van der Waals surface area (Å²) < 4.78 is 13.6. The maximum absolute atomic E-state index is 12.7. The number of nitrogens with zero attached hydrogens (tertiary/aromatic N) is 5. The van der Waals surface area contributed by atoms with Gasteiger partial charge in [0.05, 0.1) is 0 Å². The normalized spacial score (nSPS) is 15.8. The lowest BCUT2D eigenvalue weighted by molar-refractivity contribution is -0.583. The van der Waals surface area contributed by atoms with Crippen LogP contribution in [0.4, 0.5) is 0 Å². The van der Waals surface area contributed by atoms with E-state index in [2.05, 4.69) is 15.1 Å². The van der Waals surface area contributed by atoms with Crippen LogP contribution in [-0.2, 0) is 10.3 Å². The molecule has 0 aliphatic heterocycles. The number of benzene rings is 1. The smallest absolute Gasteiger partial charge is 0.259 e. The van der Waals surface area contributed by atoms with Gasteiger partial charge in [-0.15, -0.1) is 0 Å². The minimum atomic E-state index is -0.474. The lowest BCUT2D eigenvalue weighted by Gasteiger charge is -2.08. The van der Waals surface area contributed by atoms with E-state index in [1.54, 1.807) is 38.6 Å². The molecule has 1 fully saturated rings. The van der Waals surface area contributed by atoms with Crippen LogP contribution in [0.1, 0.15) is 24.4 Å². The Hall–Kier alpha value is -2.71. The van der Waals surface area contributed by atoms with Crippen LogP contribution >= 0.6 is 11.6 Å². The van der Waals surface area contributed by atoms with Crippen molar-refractivity contribution in [2.24, 2.45) is 0 Å². The van der Waals surface area contributed by atoms with Gasteiger partial charge in [-0.2, -0.15) is 9.71 Å². The van der Waals surface area contributed by atoms with Crippen LogP contribution in [0.25, 0.3) is 28.1 Å². The molecule has 0 atom stereocenters. The quantitative estimate of drug-likeness (QED) is 0.406. The fraction of sp³-hybridized carbons (Fsp3) is 0.294. The van der Waals surface area contributed by atoms with Crippen molar-refractivity contribution < 1.29 is 14.0 Å². The standard InChI is InChI=1S/C17H14ClN5O3/c1-9-14-13(15-20-16(26-21-15)17(25-2)5-6-17)19-8-22(14)11-4-3-10(18)7-12(11)23(9)24/h3-4,7-8H,5-6H2,1-2H3. The van der Waals surface area contributed by atoms with E-state index in [9.17, 15) is 5.21 Å². The molecule has 0 radical (unpaired) electrons. The summed E-state index contributed by atoms with van der Waals surface area (Å²) in [5.41, 5.74) is 2.29. The molecule has 4 aromatic rings. The van der Waals surface area contributed by atoms with Gasteiger partial charge in [0.15, 0.2) is 0 Å². The number of hydrogen-bond acceptors (Lipinski definition) is 6. The van der Waals surface area contributed by atoms with Gasteiger partial charge in [0, 0.05) is 25.1 Å². The highest BCUT2D eigenvalue weighted by molar-refractivity contribution is 6.31. The van der Waals surface area contributed by atoms with Crippen LogP contribution in [-0.4, -0.2) is 26.6 Å². The first-order chi connectivity index (χ1) is 12.5. The molecule has 1 aliphatic carbocycles. The summed E-state index contributed by atoms with van der Waals surface area (Å²) in [6.45, 7) is 1.73. The number of hydrogen-bond donors (Lipinski definition) is 0. The fourth-order valence-corrected chi connectivity index (χ4v) is 3.47. The van der Waals surface area contributed by atoms with E-state index < -0.39 is 5.60 Å². The van der Waals surface area contributed by atoms with Crippen molar-refractivity contribution in [3.8, 4) is 11.5 Å². The maximum atomic E-state index is 12.7. The molecule has 0 bridgehead atoms. The fourth-order valence-electron chi connectivity index (χ4n) is 3.30. The summed E-state index contributed by atoms with van der Waals surface area (Å²) in [5, 5.41) is 17.3. The molecule has 9 heteroatoms. The van der Waals surface area contributed by atoms with Gasteiger partial charge >= 0.3 is 0 Å². The molecule has 3 heterocycles. The van der Waals surface area contributed by atoms with Crippen molar-refractivity contribution >= 4 is 28.2 Å². The molecule has 0 N–H and O–H groups in total. The topological polar surface area (TPSA) is 92.4 Å². The van der Waals surface area contributed by atoms with Gasteiger partial charge in [0.2, 0.25) is 17.0 Å². The van der Waals surface area contributed by atoms with Gasteiger partial charge in [-0.25, -0.2) is 4.98 Å². The average Bonchev–Trinajstić information content (AvgIpc) is 3.07. The molecule has 1 saturated carbocycles. The Morgan fingerprint density at radius 1 is 1.38 bits per heavy atom. The van der Waals surface area contributed by atoms with Crippen molar-refractivity contribution in [2.75, 3.05) is 7.11 Å². The van der Waals surface area contributed by atoms with Gasteiger partial charge in [-0.05, 0) is 25.0 Å². The van der Waals surface area contributed by atoms with Crippen LogP contribution in [0.15, 0.2) is 29.0 Å². The van der Waals surface area contributed by atoms with Crippen molar-refractivity contribution in [3.63, 3.8) is 0 Å². The predicted octanol–water partition coefficient (Wildman–Crippen LogP) is 2.77. The highest BCUT2D eigenvalue weighted by Crippen LogP contribution is 2.48. The number of imidazole rings is 1. The van der Waals surface area contributed by atoms with Crippen LogP contribution in [0.3, 0.4) is 0 Å². The molecule has 0 unspecified atom stereocenters. The Balaban J connectivity index is 1.75. The molecule has 1 aromatic carbocycles. The number of methoxy groups -OCH3 is 1.